The second-order valence-electron chi connectivity index (χ2n) is 7.20. The van der Waals surface area contributed by atoms with Gasteiger partial charge in [-0.05, 0) is 55.0 Å². The minimum Gasteiger partial charge on any atom is -0.454 e. The Morgan fingerprint density at radius 2 is 1.77 bits per heavy atom. The lowest BCUT2D eigenvalue weighted by Crippen LogP contribution is -2.15. The molecule has 31 heavy (non-hydrogen) atoms. The van der Waals surface area contributed by atoms with E-state index in [0.29, 0.717) is 28.1 Å². The second-order valence-corrected chi connectivity index (χ2v) is 8.85. The monoisotopic (exact) mass is 431 g/mol. The highest BCUT2D eigenvalue weighted by Crippen LogP contribution is 2.37. The predicted octanol–water partition coefficient (Wildman–Crippen LogP) is 4.70. The number of hydrogen-bond donors (Lipinski definition) is 2. The van der Waals surface area contributed by atoms with Crippen molar-refractivity contribution in [2.24, 2.45) is 0 Å². The zero-order valence-corrected chi connectivity index (χ0v) is 17.2. The number of amides is 1. The highest BCUT2D eigenvalue weighted by atomic mass is 32.2. The van der Waals surface area contributed by atoms with Gasteiger partial charge < -0.3 is 10.1 Å². The summed E-state index contributed by atoms with van der Waals surface area (Å²) in [5, 5.41) is 3.53. The number of aromatic nitrogens is 1. The number of para-hydroxylation sites is 1. The zero-order chi connectivity index (χ0) is 21.6. The number of carbonyl (C=O) groups excluding carboxylic acids is 1. The minimum absolute atomic E-state index is 0.0594. The average molecular weight is 431 g/mol. The van der Waals surface area contributed by atoms with Gasteiger partial charge in [0.1, 0.15) is 10.6 Å². The lowest BCUT2D eigenvalue weighted by molar-refractivity contribution is 0.102. The number of sulfonamides is 1. The molecule has 1 aromatic heterocycles. The first-order valence-electron chi connectivity index (χ1n) is 9.51. The van der Waals surface area contributed by atoms with Gasteiger partial charge in [-0.3, -0.25) is 14.5 Å². The first-order valence-corrected chi connectivity index (χ1v) is 11.0. The number of nitrogens with zero attached hydrogens (tertiary/aromatic N) is 1. The Labute approximate surface area is 178 Å². The van der Waals surface area contributed by atoms with Crippen molar-refractivity contribution in [3.63, 3.8) is 0 Å². The third-order valence-corrected chi connectivity index (χ3v) is 6.38. The number of pyridine rings is 1. The summed E-state index contributed by atoms with van der Waals surface area (Å²) in [5.74, 6) is 0.481. The fourth-order valence-electron chi connectivity index (χ4n) is 3.50. The van der Waals surface area contributed by atoms with Crippen LogP contribution >= 0.6 is 0 Å². The molecule has 3 aromatic carbocycles. The topological polar surface area (TPSA) is 97.4 Å². The third-order valence-electron chi connectivity index (χ3n) is 4.96. The summed E-state index contributed by atoms with van der Waals surface area (Å²) >= 11 is 0. The van der Waals surface area contributed by atoms with Crippen LogP contribution in [0.4, 0.5) is 11.4 Å². The summed E-state index contributed by atoms with van der Waals surface area (Å²) in [6.07, 6.45) is 1.55. The number of rotatable bonds is 3. The van der Waals surface area contributed by atoms with Crippen LogP contribution in [0.2, 0.25) is 0 Å². The molecule has 8 heteroatoms. The number of carbonyl (C=O) groups is 1. The molecule has 1 amide bonds. The fraction of sp³-hybridized carbons (Fsp3) is 0.0435. The molecule has 0 radical (unpaired) electrons. The van der Waals surface area contributed by atoms with Gasteiger partial charge in [-0.1, -0.05) is 24.3 Å². The van der Waals surface area contributed by atoms with Crippen molar-refractivity contribution in [3.8, 4) is 11.5 Å². The van der Waals surface area contributed by atoms with Crippen molar-refractivity contribution in [1.82, 2.24) is 4.98 Å². The summed E-state index contributed by atoms with van der Waals surface area (Å²) in [6.45, 7) is 1.92. The van der Waals surface area contributed by atoms with Gasteiger partial charge in [0.25, 0.3) is 15.9 Å². The van der Waals surface area contributed by atoms with E-state index in [9.17, 15) is 13.2 Å². The molecule has 0 spiro atoms. The Bertz CT molecular complexity index is 1460. The van der Waals surface area contributed by atoms with E-state index in [2.05, 4.69) is 15.0 Å². The van der Waals surface area contributed by atoms with Crippen molar-refractivity contribution >= 4 is 38.2 Å². The lowest BCUT2D eigenvalue weighted by atomic mass is 10.1. The lowest BCUT2D eigenvalue weighted by Gasteiger charge is -2.12. The molecule has 0 fully saturated rings. The van der Waals surface area contributed by atoms with E-state index in [1.54, 1.807) is 48.7 Å². The average Bonchev–Trinajstić information content (AvgIpc) is 2.88. The SMILES string of the molecule is Cc1ccc2c(c1)NC(=O)c1cc(NS(=O)(=O)c3cccc4cccnc34)ccc1O2. The molecule has 5 rings (SSSR count). The van der Waals surface area contributed by atoms with Crippen LogP contribution in [0.15, 0.2) is 77.8 Å². The maximum atomic E-state index is 13.1. The van der Waals surface area contributed by atoms with Crippen molar-refractivity contribution < 1.29 is 17.9 Å². The number of nitrogens with one attached hydrogen (secondary N) is 2. The van der Waals surface area contributed by atoms with Gasteiger partial charge in [-0.25, -0.2) is 8.42 Å². The molecule has 7 nitrogen and oxygen atoms in total. The summed E-state index contributed by atoms with van der Waals surface area (Å²) < 4.78 is 34.6. The van der Waals surface area contributed by atoms with Gasteiger partial charge in [0.15, 0.2) is 5.75 Å². The summed E-state index contributed by atoms with van der Waals surface area (Å²) in [6, 6.07) is 18.6. The van der Waals surface area contributed by atoms with Crippen LogP contribution in [0, 0.1) is 6.92 Å². The number of ether oxygens (including phenoxy) is 1. The molecule has 0 unspecified atom stereocenters. The molecular weight excluding hydrogens is 414 g/mol. The largest absolute Gasteiger partial charge is 0.454 e. The van der Waals surface area contributed by atoms with E-state index in [1.807, 2.05) is 19.1 Å². The maximum Gasteiger partial charge on any atom is 0.264 e. The highest BCUT2D eigenvalue weighted by molar-refractivity contribution is 7.93. The summed E-state index contributed by atoms with van der Waals surface area (Å²) in [5.41, 5.74) is 2.38. The number of aryl methyl sites for hydroxylation is 1. The van der Waals surface area contributed by atoms with Gasteiger partial charge in [0, 0.05) is 17.3 Å². The van der Waals surface area contributed by atoms with Crippen LogP contribution < -0.4 is 14.8 Å². The summed E-state index contributed by atoms with van der Waals surface area (Å²) in [4.78, 5) is 17.0. The molecule has 0 bridgehead atoms. The molecule has 2 N–H and O–H groups in total. The molecule has 1 aliphatic rings. The number of fused-ring (bicyclic) bond motifs is 3. The molecule has 0 atom stereocenters. The smallest absolute Gasteiger partial charge is 0.264 e. The van der Waals surface area contributed by atoms with Crippen LogP contribution in [0.3, 0.4) is 0 Å². The Kier molecular flexibility index (Phi) is 4.37. The van der Waals surface area contributed by atoms with Gasteiger partial charge >= 0.3 is 0 Å². The minimum atomic E-state index is -3.94. The van der Waals surface area contributed by atoms with Crippen molar-refractivity contribution in [1.29, 1.82) is 0 Å². The maximum absolute atomic E-state index is 13.1. The van der Waals surface area contributed by atoms with Gasteiger partial charge in [-0.2, -0.15) is 0 Å². The molecule has 0 saturated carbocycles. The predicted molar refractivity (Wildman–Crippen MR) is 118 cm³/mol. The molecular formula is C23H17N3O4S. The van der Waals surface area contributed by atoms with Crippen LogP contribution in [0.1, 0.15) is 15.9 Å². The standard InChI is InChI=1S/C23H17N3O4S/c1-14-7-9-20-18(12-14)25-23(27)17-13-16(8-10-19(17)30-20)26-31(28,29)21-6-2-4-15-5-3-11-24-22(15)21/h2-13,26H,1H3,(H,25,27). The molecule has 154 valence electrons. The van der Waals surface area contributed by atoms with Gasteiger partial charge in [-0.15, -0.1) is 0 Å². The van der Waals surface area contributed by atoms with Crippen LogP contribution in [-0.4, -0.2) is 19.3 Å². The Balaban J connectivity index is 1.51. The Morgan fingerprint density at radius 3 is 2.65 bits per heavy atom. The molecule has 0 aliphatic carbocycles. The quantitative estimate of drug-likeness (QED) is 0.490. The number of anilines is 2. The molecule has 4 aromatic rings. The molecule has 1 aliphatic heterocycles. The van der Waals surface area contributed by atoms with E-state index in [0.717, 1.165) is 5.56 Å². The third kappa shape index (κ3) is 3.47. The van der Waals surface area contributed by atoms with Gasteiger partial charge in [0.2, 0.25) is 0 Å². The Morgan fingerprint density at radius 1 is 0.968 bits per heavy atom. The molecule has 0 saturated heterocycles. The molecule has 2 heterocycles. The first kappa shape index (κ1) is 19.1. The number of benzene rings is 3. The van der Waals surface area contributed by atoms with Crippen molar-refractivity contribution in [3.05, 3.63) is 84.1 Å². The van der Waals surface area contributed by atoms with E-state index in [-0.39, 0.29) is 22.1 Å². The van der Waals surface area contributed by atoms with Crippen molar-refractivity contribution in [2.45, 2.75) is 11.8 Å². The van der Waals surface area contributed by atoms with E-state index >= 15 is 0 Å². The Hall–Kier alpha value is -3.91. The fourth-order valence-corrected chi connectivity index (χ4v) is 4.73. The summed E-state index contributed by atoms with van der Waals surface area (Å²) in [7, 11) is -3.94. The normalized spacial score (nSPS) is 12.9. The van der Waals surface area contributed by atoms with E-state index in [1.165, 1.54) is 12.1 Å². The van der Waals surface area contributed by atoms with Crippen LogP contribution in [0.25, 0.3) is 10.9 Å². The highest BCUT2D eigenvalue weighted by Gasteiger charge is 2.23. The van der Waals surface area contributed by atoms with E-state index < -0.39 is 10.0 Å². The van der Waals surface area contributed by atoms with Gasteiger partial charge in [0.05, 0.1) is 16.8 Å². The number of hydrogen-bond acceptors (Lipinski definition) is 5. The van der Waals surface area contributed by atoms with Crippen LogP contribution in [0.5, 0.6) is 11.5 Å². The second kappa shape index (κ2) is 7.10. The van der Waals surface area contributed by atoms with E-state index in [4.69, 9.17) is 4.74 Å². The first-order chi connectivity index (χ1) is 14.9. The zero-order valence-electron chi connectivity index (χ0n) is 16.4. The van der Waals surface area contributed by atoms with Crippen molar-refractivity contribution in [2.75, 3.05) is 10.0 Å². The van der Waals surface area contributed by atoms with Crippen LogP contribution in [-0.2, 0) is 10.0 Å².